The molecular weight excluding hydrogens is 208 g/mol. The minimum Gasteiger partial charge on any atom is -0.468 e. The van der Waals surface area contributed by atoms with E-state index in [-0.39, 0.29) is 5.97 Å². The number of likely N-dealkylation sites (N-methyl/N-ethyl adjacent to an activating group) is 1. The van der Waals surface area contributed by atoms with Crippen molar-refractivity contribution in [3.63, 3.8) is 0 Å². The molecule has 0 aromatic heterocycles. The van der Waals surface area contributed by atoms with Gasteiger partial charge in [-0.3, -0.25) is 4.79 Å². The lowest BCUT2D eigenvalue weighted by atomic mass is 9.90. The number of nitrogens with zero attached hydrogens (tertiary/aromatic N) is 1. The third kappa shape index (κ3) is 3.43. The van der Waals surface area contributed by atoms with Crippen LogP contribution in [0.4, 0.5) is 0 Å². The Morgan fingerprint density at radius 1 is 1.44 bits per heavy atom. The molecule has 16 heavy (non-hydrogen) atoms. The third-order valence-corrected chi connectivity index (χ3v) is 2.94. The fourth-order valence-corrected chi connectivity index (χ4v) is 1.89. The van der Waals surface area contributed by atoms with Gasteiger partial charge in [0.05, 0.1) is 7.11 Å². The molecule has 0 amide bonds. The molecule has 1 heterocycles. The second-order valence-electron chi connectivity index (χ2n) is 4.42. The lowest BCUT2D eigenvalue weighted by Gasteiger charge is -2.35. The number of ether oxygens (including phenoxy) is 2. The number of esters is 1. The number of nitrogens with one attached hydrogen (secondary N) is 1. The van der Waals surface area contributed by atoms with E-state index >= 15 is 0 Å². The van der Waals surface area contributed by atoms with Gasteiger partial charge in [-0.25, -0.2) is 0 Å². The van der Waals surface area contributed by atoms with Gasteiger partial charge < -0.3 is 19.7 Å². The van der Waals surface area contributed by atoms with Gasteiger partial charge in [-0.05, 0) is 26.9 Å². The molecule has 1 aliphatic rings. The van der Waals surface area contributed by atoms with Gasteiger partial charge in [-0.2, -0.15) is 0 Å². The topological polar surface area (TPSA) is 50.8 Å². The maximum atomic E-state index is 11.8. The van der Waals surface area contributed by atoms with Crippen LogP contribution < -0.4 is 5.32 Å². The van der Waals surface area contributed by atoms with E-state index in [4.69, 9.17) is 9.47 Å². The Labute approximate surface area is 97.1 Å². The highest BCUT2D eigenvalue weighted by molar-refractivity contribution is 5.80. The Morgan fingerprint density at radius 2 is 2.06 bits per heavy atom. The van der Waals surface area contributed by atoms with Gasteiger partial charge in [0.15, 0.2) is 0 Å². The summed E-state index contributed by atoms with van der Waals surface area (Å²) in [6.45, 7) is 2.91. The van der Waals surface area contributed by atoms with E-state index in [1.54, 1.807) is 0 Å². The number of carbonyl (C=O) groups is 1. The predicted molar refractivity (Wildman–Crippen MR) is 61.4 cm³/mol. The van der Waals surface area contributed by atoms with Crippen molar-refractivity contribution < 1.29 is 14.3 Å². The quantitative estimate of drug-likeness (QED) is 0.666. The molecular formula is C11H22N2O3. The molecule has 0 radical (unpaired) electrons. The van der Waals surface area contributed by atoms with Crippen LogP contribution in [0.25, 0.3) is 0 Å². The average Bonchev–Trinajstić information content (AvgIpc) is 2.28. The molecule has 0 saturated carbocycles. The van der Waals surface area contributed by atoms with Gasteiger partial charge in [0.25, 0.3) is 0 Å². The smallest absolute Gasteiger partial charge is 0.326 e. The van der Waals surface area contributed by atoms with Crippen molar-refractivity contribution in [2.45, 2.75) is 18.4 Å². The van der Waals surface area contributed by atoms with Crippen LogP contribution in [0.1, 0.15) is 12.8 Å². The second kappa shape index (κ2) is 6.18. The zero-order chi connectivity index (χ0) is 12.0. The summed E-state index contributed by atoms with van der Waals surface area (Å²) >= 11 is 0. The highest BCUT2D eigenvalue weighted by atomic mass is 16.5. The first-order valence-corrected chi connectivity index (χ1v) is 5.67. The van der Waals surface area contributed by atoms with Crippen molar-refractivity contribution in [3.8, 4) is 0 Å². The molecule has 94 valence electrons. The molecule has 5 nitrogen and oxygen atoms in total. The fraction of sp³-hybridized carbons (Fsp3) is 0.909. The van der Waals surface area contributed by atoms with Crippen LogP contribution >= 0.6 is 0 Å². The van der Waals surface area contributed by atoms with Crippen LogP contribution in [-0.2, 0) is 14.3 Å². The minimum atomic E-state index is -0.539. The number of hydrogen-bond acceptors (Lipinski definition) is 5. The van der Waals surface area contributed by atoms with E-state index in [2.05, 4.69) is 10.2 Å². The molecule has 1 rings (SSSR count). The van der Waals surface area contributed by atoms with Crippen molar-refractivity contribution in [1.29, 1.82) is 0 Å². The monoisotopic (exact) mass is 230 g/mol. The van der Waals surface area contributed by atoms with Gasteiger partial charge in [0.1, 0.15) is 5.54 Å². The van der Waals surface area contributed by atoms with E-state index in [9.17, 15) is 4.79 Å². The molecule has 1 saturated heterocycles. The summed E-state index contributed by atoms with van der Waals surface area (Å²) < 4.78 is 10.2. The van der Waals surface area contributed by atoms with Crippen molar-refractivity contribution in [3.05, 3.63) is 0 Å². The lowest BCUT2D eigenvalue weighted by molar-refractivity contribution is -0.153. The normalized spacial score (nSPS) is 19.8. The highest BCUT2D eigenvalue weighted by Gasteiger charge is 2.40. The summed E-state index contributed by atoms with van der Waals surface area (Å²) in [4.78, 5) is 13.9. The zero-order valence-electron chi connectivity index (χ0n) is 10.4. The van der Waals surface area contributed by atoms with Crippen molar-refractivity contribution >= 4 is 5.97 Å². The van der Waals surface area contributed by atoms with Crippen molar-refractivity contribution in [2.75, 3.05) is 47.5 Å². The summed E-state index contributed by atoms with van der Waals surface area (Å²) in [5, 5.41) is 3.32. The Balaban J connectivity index is 2.52. The van der Waals surface area contributed by atoms with Crippen LogP contribution in [-0.4, -0.2) is 63.9 Å². The molecule has 0 aliphatic carbocycles. The molecule has 1 fully saturated rings. The standard InChI is InChI=1S/C11H22N2O3/c1-13(2)7-6-12-11(10(14)15-3)4-8-16-9-5-11/h12H,4-9H2,1-3H3. The minimum absolute atomic E-state index is 0.172. The van der Waals surface area contributed by atoms with Crippen LogP contribution in [0.3, 0.4) is 0 Å². The summed E-state index contributed by atoms with van der Waals surface area (Å²) in [5.74, 6) is -0.172. The number of hydrogen-bond donors (Lipinski definition) is 1. The maximum absolute atomic E-state index is 11.8. The first-order chi connectivity index (χ1) is 7.60. The number of methoxy groups -OCH3 is 1. The molecule has 0 bridgehead atoms. The largest absolute Gasteiger partial charge is 0.468 e. The fourth-order valence-electron chi connectivity index (χ4n) is 1.89. The zero-order valence-corrected chi connectivity index (χ0v) is 10.4. The summed E-state index contributed by atoms with van der Waals surface area (Å²) in [7, 11) is 5.46. The van der Waals surface area contributed by atoms with Crippen LogP contribution in [0.5, 0.6) is 0 Å². The Bertz CT molecular complexity index is 225. The SMILES string of the molecule is COC(=O)C1(NCCN(C)C)CCOCC1. The Hall–Kier alpha value is -0.650. The average molecular weight is 230 g/mol. The molecule has 0 aromatic rings. The predicted octanol–water partition coefficient (Wildman–Crippen LogP) is -0.140. The third-order valence-electron chi connectivity index (χ3n) is 2.94. The van der Waals surface area contributed by atoms with E-state index < -0.39 is 5.54 Å². The summed E-state index contributed by atoms with van der Waals surface area (Å²) in [6, 6.07) is 0. The molecule has 1 aliphatic heterocycles. The Morgan fingerprint density at radius 3 is 2.56 bits per heavy atom. The van der Waals surface area contributed by atoms with E-state index in [0.717, 1.165) is 13.1 Å². The van der Waals surface area contributed by atoms with Crippen LogP contribution in [0.15, 0.2) is 0 Å². The van der Waals surface area contributed by atoms with Gasteiger partial charge in [-0.15, -0.1) is 0 Å². The van der Waals surface area contributed by atoms with Gasteiger partial charge in [0.2, 0.25) is 0 Å². The van der Waals surface area contributed by atoms with Crippen LogP contribution in [0.2, 0.25) is 0 Å². The van der Waals surface area contributed by atoms with E-state index in [0.29, 0.717) is 26.1 Å². The lowest BCUT2D eigenvalue weighted by Crippen LogP contribution is -2.57. The Kier molecular flexibility index (Phi) is 5.18. The molecule has 5 heteroatoms. The first-order valence-electron chi connectivity index (χ1n) is 5.67. The van der Waals surface area contributed by atoms with Gasteiger partial charge in [0, 0.05) is 26.3 Å². The van der Waals surface area contributed by atoms with Gasteiger partial charge >= 0.3 is 5.97 Å². The van der Waals surface area contributed by atoms with Crippen molar-refractivity contribution in [2.24, 2.45) is 0 Å². The molecule has 0 aromatic carbocycles. The highest BCUT2D eigenvalue weighted by Crippen LogP contribution is 2.21. The molecule has 0 spiro atoms. The number of rotatable bonds is 5. The van der Waals surface area contributed by atoms with E-state index in [1.165, 1.54) is 7.11 Å². The first kappa shape index (κ1) is 13.4. The summed E-state index contributed by atoms with van der Waals surface area (Å²) in [6.07, 6.45) is 1.38. The summed E-state index contributed by atoms with van der Waals surface area (Å²) in [5.41, 5.74) is -0.539. The second-order valence-corrected chi connectivity index (χ2v) is 4.42. The maximum Gasteiger partial charge on any atom is 0.326 e. The molecule has 0 unspecified atom stereocenters. The molecule has 1 N–H and O–H groups in total. The molecule has 0 atom stereocenters. The number of carbonyl (C=O) groups excluding carboxylic acids is 1. The van der Waals surface area contributed by atoms with Crippen molar-refractivity contribution in [1.82, 2.24) is 10.2 Å². The van der Waals surface area contributed by atoms with Gasteiger partial charge in [-0.1, -0.05) is 0 Å². The van der Waals surface area contributed by atoms with E-state index in [1.807, 2.05) is 14.1 Å². The van der Waals surface area contributed by atoms with Crippen LogP contribution in [0, 0.1) is 0 Å².